The third kappa shape index (κ3) is 5.57. The maximum absolute atomic E-state index is 5.98. The Morgan fingerprint density at radius 3 is 1.76 bits per heavy atom. The van der Waals surface area contributed by atoms with E-state index in [2.05, 4.69) is 104 Å². The molecule has 156 valence electrons. The summed E-state index contributed by atoms with van der Waals surface area (Å²) >= 11 is 5.98. The zero-order valence-electron chi connectivity index (χ0n) is 19.6. The van der Waals surface area contributed by atoms with E-state index in [9.17, 15) is 0 Å². The van der Waals surface area contributed by atoms with Gasteiger partial charge in [-0.15, -0.1) is 0 Å². The molecule has 0 atom stereocenters. The zero-order chi connectivity index (χ0) is 21.9. The van der Waals surface area contributed by atoms with Crippen LogP contribution in [0.1, 0.15) is 99.6 Å². The molecule has 0 aromatic heterocycles. The van der Waals surface area contributed by atoms with E-state index in [4.69, 9.17) is 12.2 Å². The van der Waals surface area contributed by atoms with Gasteiger partial charge in [-0.1, -0.05) is 84.1 Å². The van der Waals surface area contributed by atoms with Crippen LogP contribution in [0.4, 0.5) is 5.69 Å². The molecule has 0 saturated heterocycles. The van der Waals surface area contributed by atoms with Crippen molar-refractivity contribution in [2.24, 2.45) is 0 Å². The highest BCUT2D eigenvalue weighted by Crippen LogP contribution is 2.33. The minimum Gasteiger partial charge on any atom is -0.359 e. The van der Waals surface area contributed by atoms with Crippen molar-refractivity contribution in [1.82, 2.24) is 0 Å². The van der Waals surface area contributed by atoms with Gasteiger partial charge in [0.1, 0.15) is 0 Å². The summed E-state index contributed by atoms with van der Waals surface area (Å²) < 4.78 is 0. The Hall–Kier alpha value is -1.93. The molecule has 0 radical (unpaired) electrons. The number of aryl methyl sites for hydroxylation is 2. The molecular formula is C27H37NS. The fourth-order valence-corrected chi connectivity index (χ4v) is 4.17. The summed E-state index contributed by atoms with van der Waals surface area (Å²) in [5.74, 6) is 1.37. The Balaban J connectivity index is 2.52. The van der Waals surface area contributed by atoms with Crippen molar-refractivity contribution in [3.63, 3.8) is 0 Å². The van der Waals surface area contributed by atoms with Gasteiger partial charge in [-0.05, 0) is 78.0 Å². The van der Waals surface area contributed by atoms with Crippen LogP contribution in [0.2, 0.25) is 0 Å². The second-order valence-corrected chi connectivity index (χ2v) is 9.56. The van der Waals surface area contributed by atoms with Gasteiger partial charge in [-0.25, -0.2) is 0 Å². The molecule has 2 aromatic rings. The Labute approximate surface area is 183 Å². The van der Waals surface area contributed by atoms with E-state index in [1.807, 2.05) is 0 Å². The lowest BCUT2D eigenvalue weighted by Gasteiger charge is -2.23. The number of anilines is 1. The van der Waals surface area contributed by atoms with Gasteiger partial charge < -0.3 is 5.32 Å². The molecule has 0 aliphatic heterocycles. The zero-order valence-corrected chi connectivity index (χ0v) is 20.4. The first-order valence-corrected chi connectivity index (χ1v) is 11.2. The predicted octanol–water partition coefficient (Wildman–Crippen LogP) is 8.41. The highest BCUT2D eigenvalue weighted by molar-refractivity contribution is 7.81. The van der Waals surface area contributed by atoms with Crippen LogP contribution in [-0.2, 0) is 0 Å². The molecule has 29 heavy (non-hydrogen) atoms. The largest absolute Gasteiger partial charge is 0.359 e. The standard InChI is InChI=1S/C27H37NS/c1-16(2)22-14-23(17(3)4)26(24(15-22)18(5)6)25(29)13-21(9)28-27-19(7)11-10-12-20(27)8/h10-18,28H,1-9H3. The van der Waals surface area contributed by atoms with Gasteiger partial charge in [0.2, 0.25) is 0 Å². The van der Waals surface area contributed by atoms with Crippen LogP contribution in [0.5, 0.6) is 0 Å². The molecule has 0 amide bonds. The Morgan fingerprint density at radius 1 is 0.862 bits per heavy atom. The lowest BCUT2D eigenvalue weighted by Crippen LogP contribution is -2.11. The SMILES string of the molecule is CC(=CC(=S)c1c(C(C)C)cc(C(C)C)cc1C(C)C)Nc1c(C)cccc1C. The van der Waals surface area contributed by atoms with Crippen LogP contribution in [0, 0.1) is 13.8 Å². The quantitative estimate of drug-likeness (QED) is 0.281. The van der Waals surface area contributed by atoms with E-state index in [1.54, 1.807) is 0 Å². The van der Waals surface area contributed by atoms with Crippen molar-refractivity contribution < 1.29 is 0 Å². The van der Waals surface area contributed by atoms with Gasteiger partial charge in [0, 0.05) is 16.2 Å². The maximum Gasteiger partial charge on any atom is 0.0472 e. The molecule has 0 spiro atoms. The topological polar surface area (TPSA) is 12.0 Å². The van der Waals surface area contributed by atoms with Crippen LogP contribution >= 0.6 is 12.2 Å². The molecule has 0 fully saturated rings. The average Bonchev–Trinajstić information content (AvgIpc) is 2.63. The van der Waals surface area contributed by atoms with Crippen LogP contribution in [-0.4, -0.2) is 4.86 Å². The summed E-state index contributed by atoms with van der Waals surface area (Å²) in [7, 11) is 0. The van der Waals surface area contributed by atoms with Crippen LogP contribution in [0.3, 0.4) is 0 Å². The van der Waals surface area contributed by atoms with Crippen molar-refractivity contribution in [1.29, 1.82) is 0 Å². The Bertz CT molecular complexity index is 867. The molecule has 2 heteroatoms. The number of thiocarbonyl (C=S) groups is 1. The molecule has 2 aromatic carbocycles. The third-order valence-corrected chi connectivity index (χ3v) is 5.85. The highest BCUT2D eigenvalue weighted by Gasteiger charge is 2.19. The first-order valence-electron chi connectivity index (χ1n) is 10.8. The predicted molar refractivity (Wildman–Crippen MR) is 134 cm³/mol. The normalized spacial score (nSPS) is 12.2. The second kappa shape index (κ2) is 9.71. The number of para-hydroxylation sites is 1. The van der Waals surface area contributed by atoms with Crippen molar-refractivity contribution in [3.05, 3.63) is 75.5 Å². The molecule has 0 aliphatic rings. The first-order chi connectivity index (χ1) is 13.5. The van der Waals surface area contributed by atoms with E-state index in [0.717, 1.165) is 10.6 Å². The molecule has 0 aliphatic carbocycles. The van der Waals surface area contributed by atoms with Gasteiger partial charge in [-0.2, -0.15) is 0 Å². The van der Waals surface area contributed by atoms with E-state index in [1.165, 1.54) is 39.1 Å². The molecule has 2 rings (SSSR count). The second-order valence-electron chi connectivity index (χ2n) is 9.12. The smallest absolute Gasteiger partial charge is 0.0472 e. The lowest BCUT2D eigenvalue weighted by atomic mass is 9.83. The summed E-state index contributed by atoms with van der Waals surface area (Å²) in [5, 5.41) is 3.58. The molecule has 0 heterocycles. The first kappa shape index (κ1) is 23.3. The Kier molecular flexibility index (Phi) is 7.82. The molecule has 1 nitrogen and oxygen atoms in total. The van der Waals surface area contributed by atoms with E-state index < -0.39 is 0 Å². The molecule has 0 bridgehead atoms. The summed E-state index contributed by atoms with van der Waals surface area (Å²) in [4.78, 5) is 0.920. The van der Waals surface area contributed by atoms with Crippen molar-refractivity contribution in [2.75, 3.05) is 5.32 Å². The van der Waals surface area contributed by atoms with Gasteiger partial charge in [0.25, 0.3) is 0 Å². The molecule has 1 N–H and O–H groups in total. The van der Waals surface area contributed by atoms with Crippen LogP contribution < -0.4 is 5.32 Å². The van der Waals surface area contributed by atoms with Crippen LogP contribution in [0.25, 0.3) is 0 Å². The summed E-state index contributed by atoms with van der Waals surface area (Å²) in [6.07, 6.45) is 2.13. The number of benzene rings is 2. The van der Waals surface area contributed by atoms with Gasteiger partial charge in [0.05, 0.1) is 0 Å². The summed E-state index contributed by atoms with van der Waals surface area (Å²) in [6, 6.07) is 11.1. The maximum atomic E-state index is 5.98. The van der Waals surface area contributed by atoms with E-state index >= 15 is 0 Å². The van der Waals surface area contributed by atoms with Crippen molar-refractivity contribution in [3.8, 4) is 0 Å². The summed E-state index contributed by atoms with van der Waals surface area (Å²) in [5.41, 5.74) is 10.1. The van der Waals surface area contributed by atoms with Crippen LogP contribution in [0.15, 0.2) is 42.1 Å². The summed E-state index contributed by atoms with van der Waals surface area (Å²) in [6.45, 7) is 20.0. The van der Waals surface area contributed by atoms with Gasteiger partial charge in [0.15, 0.2) is 0 Å². The third-order valence-electron chi connectivity index (χ3n) is 5.53. The van der Waals surface area contributed by atoms with Crippen molar-refractivity contribution in [2.45, 2.75) is 80.1 Å². The number of nitrogens with one attached hydrogen (secondary N) is 1. The highest BCUT2D eigenvalue weighted by atomic mass is 32.1. The minimum absolute atomic E-state index is 0.430. The van der Waals surface area contributed by atoms with E-state index in [0.29, 0.717) is 17.8 Å². The van der Waals surface area contributed by atoms with E-state index in [-0.39, 0.29) is 0 Å². The number of allylic oxidation sites excluding steroid dienone is 2. The minimum atomic E-state index is 0.430. The number of rotatable bonds is 7. The van der Waals surface area contributed by atoms with Gasteiger partial charge in [-0.3, -0.25) is 0 Å². The lowest BCUT2D eigenvalue weighted by molar-refractivity contribution is 0.802. The molecule has 0 saturated carbocycles. The Morgan fingerprint density at radius 2 is 1.34 bits per heavy atom. The van der Waals surface area contributed by atoms with Crippen molar-refractivity contribution >= 4 is 22.8 Å². The number of hydrogen-bond acceptors (Lipinski definition) is 2. The molecular weight excluding hydrogens is 370 g/mol. The number of hydrogen-bond donors (Lipinski definition) is 1. The fourth-order valence-electron chi connectivity index (χ4n) is 3.75. The monoisotopic (exact) mass is 407 g/mol. The fraction of sp³-hybridized carbons (Fsp3) is 0.444. The molecule has 0 unspecified atom stereocenters. The average molecular weight is 408 g/mol. The van der Waals surface area contributed by atoms with Gasteiger partial charge >= 0.3 is 0 Å².